The average molecular weight is 255 g/mol. The summed E-state index contributed by atoms with van der Waals surface area (Å²) in [7, 11) is 0. The zero-order valence-electron chi connectivity index (χ0n) is 9.88. The van der Waals surface area contributed by atoms with Gasteiger partial charge in [0, 0.05) is 6.54 Å². The topological polar surface area (TPSA) is 49.3 Å². The molecule has 0 aromatic heterocycles. The van der Waals surface area contributed by atoms with E-state index in [4.69, 9.17) is 5.11 Å². The van der Waals surface area contributed by atoms with Gasteiger partial charge in [-0.2, -0.15) is 0 Å². The van der Waals surface area contributed by atoms with Gasteiger partial charge in [0.2, 0.25) is 0 Å². The SMILES string of the molecule is O=C(O)C1(CNCCc2cc(F)ccc2F)CC1. The fraction of sp³-hybridized carbons (Fsp3) is 0.462. The number of hydrogen-bond acceptors (Lipinski definition) is 2. The van der Waals surface area contributed by atoms with Crippen molar-refractivity contribution in [3.8, 4) is 0 Å². The molecule has 0 saturated heterocycles. The summed E-state index contributed by atoms with van der Waals surface area (Å²) in [5, 5.41) is 11.9. The first kappa shape index (κ1) is 13.0. The van der Waals surface area contributed by atoms with Crippen molar-refractivity contribution >= 4 is 5.97 Å². The Kier molecular flexibility index (Phi) is 3.61. The van der Waals surface area contributed by atoms with Gasteiger partial charge in [-0.1, -0.05) is 0 Å². The highest BCUT2D eigenvalue weighted by Crippen LogP contribution is 2.45. The molecule has 1 fully saturated rings. The Morgan fingerprint density at radius 1 is 1.39 bits per heavy atom. The normalized spacial score (nSPS) is 16.6. The van der Waals surface area contributed by atoms with E-state index < -0.39 is 23.0 Å². The molecule has 1 aliphatic rings. The molecule has 1 aliphatic carbocycles. The molecule has 1 aromatic rings. The molecule has 0 unspecified atom stereocenters. The first-order valence-electron chi connectivity index (χ1n) is 5.92. The number of carbonyl (C=O) groups is 1. The van der Waals surface area contributed by atoms with Crippen molar-refractivity contribution < 1.29 is 18.7 Å². The van der Waals surface area contributed by atoms with E-state index in [2.05, 4.69) is 5.32 Å². The molecule has 0 atom stereocenters. The smallest absolute Gasteiger partial charge is 0.310 e. The summed E-state index contributed by atoms with van der Waals surface area (Å²) >= 11 is 0. The highest BCUT2D eigenvalue weighted by molar-refractivity contribution is 5.78. The minimum atomic E-state index is -0.785. The number of carboxylic acids is 1. The van der Waals surface area contributed by atoms with E-state index in [1.54, 1.807) is 0 Å². The van der Waals surface area contributed by atoms with Gasteiger partial charge in [-0.25, -0.2) is 8.78 Å². The van der Waals surface area contributed by atoms with E-state index in [0.29, 0.717) is 37.9 Å². The van der Waals surface area contributed by atoms with Gasteiger partial charge in [0.15, 0.2) is 0 Å². The largest absolute Gasteiger partial charge is 0.481 e. The van der Waals surface area contributed by atoms with Crippen molar-refractivity contribution in [2.45, 2.75) is 19.3 Å². The maximum absolute atomic E-state index is 13.3. The summed E-state index contributed by atoms with van der Waals surface area (Å²) in [6.07, 6.45) is 1.71. The zero-order valence-corrected chi connectivity index (χ0v) is 9.88. The number of halogens is 2. The molecular weight excluding hydrogens is 240 g/mol. The molecule has 1 aromatic carbocycles. The molecule has 98 valence electrons. The van der Waals surface area contributed by atoms with E-state index in [-0.39, 0.29) is 0 Å². The lowest BCUT2D eigenvalue weighted by Crippen LogP contribution is -2.31. The van der Waals surface area contributed by atoms with Gasteiger partial charge in [0.05, 0.1) is 5.41 Å². The Morgan fingerprint density at radius 3 is 2.72 bits per heavy atom. The Balaban J connectivity index is 1.79. The minimum absolute atomic E-state index is 0.308. The highest BCUT2D eigenvalue weighted by Gasteiger charge is 2.49. The van der Waals surface area contributed by atoms with Gasteiger partial charge in [-0.05, 0) is 49.6 Å². The van der Waals surface area contributed by atoms with Crippen LogP contribution in [0.4, 0.5) is 8.78 Å². The van der Waals surface area contributed by atoms with E-state index in [1.807, 2.05) is 0 Å². The summed E-state index contributed by atoms with van der Waals surface area (Å²) in [6, 6.07) is 3.35. The van der Waals surface area contributed by atoms with Crippen molar-refractivity contribution in [2.24, 2.45) is 5.41 Å². The summed E-state index contributed by atoms with van der Waals surface area (Å²) in [5.41, 5.74) is -0.316. The van der Waals surface area contributed by atoms with Crippen LogP contribution in [-0.4, -0.2) is 24.2 Å². The van der Waals surface area contributed by atoms with E-state index >= 15 is 0 Å². The second-order valence-corrected chi connectivity index (χ2v) is 4.75. The van der Waals surface area contributed by atoms with Crippen LogP contribution < -0.4 is 5.32 Å². The number of rotatable bonds is 6. The van der Waals surface area contributed by atoms with E-state index in [0.717, 1.165) is 12.1 Å². The van der Waals surface area contributed by atoms with Crippen LogP contribution in [0.15, 0.2) is 18.2 Å². The second kappa shape index (κ2) is 5.02. The minimum Gasteiger partial charge on any atom is -0.481 e. The van der Waals surface area contributed by atoms with Crippen molar-refractivity contribution in [1.82, 2.24) is 5.32 Å². The van der Waals surface area contributed by atoms with Crippen LogP contribution in [0.3, 0.4) is 0 Å². The Bertz CT molecular complexity index is 458. The first-order chi connectivity index (χ1) is 8.53. The van der Waals surface area contributed by atoms with Crippen LogP contribution in [0.1, 0.15) is 18.4 Å². The number of nitrogens with one attached hydrogen (secondary N) is 1. The lowest BCUT2D eigenvalue weighted by molar-refractivity contribution is -0.143. The second-order valence-electron chi connectivity index (χ2n) is 4.75. The maximum atomic E-state index is 13.3. The summed E-state index contributed by atoms with van der Waals surface area (Å²) in [5.74, 6) is -1.68. The number of carboxylic acid groups (broad SMARTS) is 1. The predicted molar refractivity (Wildman–Crippen MR) is 62.2 cm³/mol. The Labute approximate surface area is 104 Å². The summed E-state index contributed by atoms with van der Waals surface area (Å²) in [6.45, 7) is 0.828. The molecule has 0 bridgehead atoms. The third kappa shape index (κ3) is 2.85. The molecule has 5 heteroatoms. The lowest BCUT2D eigenvalue weighted by Gasteiger charge is -2.11. The summed E-state index contributed by atoms with van der Waals surface area (Å²) in [4.78, 5) is 10.9. The van der Waals surface area contributed by atoms with Gasteiger partial charge in [-0.3, -0.25) is 4.79 Å². The monoisotopic (exact) mass is 255 g/mol. The van der Waals surface area contributed by atoms with Gasteiger partial charge in [0.1, 0.15) is 11.6 Å². The molecule has 0 heterocycles. The first-order valence-corrected chi connectivity index (χ1v) is 5.92. The van der Waals surface area contributed by atoms with Gasteiger partial charge >= 0.3 is 5.97 Å². The van der Waals surface area contributed by atoms with Gasteiger partial charge in [-0.15, -0.1) is 0 Å². The number of aliphatic carboxylic acids is 1. The molecule has 0 aliphatic heterocycles. The highest BCUT2D eigenvalue weighted by atomic mass is 19.1. The van der Waals surface area contributed by atoms with Crippen LogP contribution in [0.5, 0.6) is 0 Å². The van der Waals surface area contributed by atoms with E-state index in [1.165, 1.54) is 6.07 Å². The van der Waals surface area contributed by atoms with Gasteiger partial charge < -0.3 is 10.4 Å². The molecule has 3 nitrogen and oxygen atoms in total. The van der Waals surface area contributed by atoms with Crippen molar-refractivity contribution in [3.63, 3.8) is 0 Å². The molecule has 0 radical (unpaired) electrons. The summed E-state index contributed by atoms with van der Waals surface area (Å²) < 4.78 is 26.2. The molecule has 2 N–H and O–H groups in total. The fourth-order valence-corrected chi connectivity index (χ4v) is 1.90. The average Bonchev–Trinajstić information content (AvgIpc) is 3.10. The molecular formula is C13H15F2NO2. The van der Waals surface area contributed by atoms with Crippen molar-refractivity contribution in [2.75, 3.05) is 13.1 Å². The van der Waals surface area contributed by atoms with Crippen LogP contribution in [0, 0.1) is 17.0 Å². The number of hydrogen-bond donors (Lipinski definition) is 2. The molecule has 1 saturated carbocycles. The van der Waals surface area contributed by atoms with Crippen LogP contribution in [0.25, 0.3) is 0 Å². The molecule has 2 rings (SSSR count). The van der Waals surface area contributed by atoms with Crippen LogP contribution in [0.2, 0.25) is 0 Å². The van der Waals surface area contributed by atoms with Crippen molar-refractivity contribution in [3.05, 3.63) is 35.4 Å². The molecule has 0 amide bonds. The van der Waals surface area contributed by atoms with Crippen LogP contribution >= 0.6 is 0 Å². The maximum Gasteiger partial charge on any atom is 0.310 e. The fourth-order valence-electron chi connectivity index (χ4n) is 1.90. The number of benzene rings is 1. The lowest BCUT2D eigenvalue weighted by atomic mass is 10.1. The predicted octanol–water partition coefficient (Wildman–Crippen LogP) is 1.96. The standard InChI is InChI=1S/C13H15F2NO2/c14-10-1-2-11(15)9(7-10)3-6-16-8-13(4-5-13)12(17)18/h1-2,7,16H,3-6,8H2,(H,17,18). The zero-order chi connectivity index (χ0) is 13.2. The van der Waals surface area contributed by atoms with Crippen LogP contribution in [-0.2, 0) is 11.2 Å². The molecule has 18 heavy (non-hydrogen) atoms. The Morgan fingerprint density at radius 2 is 2.11 bits per heavy atom. The quantitative estimate of drug-likeness (QED) is 0.764. The third-order valence-electron chi connectivity index (χ3n) is 3.35. The third-order valence-corrected chi connectivity index (χ3v) is 3.35. The van der Waals surface area contributed by atoms with E-state index in [9.17, 15) is 13.6 Å². The van der Waals surface area contributed by atoms with Crippen molar-refractivity contribution in [1.29, 1.82) is 0 Å². The molecule has 0 spiro atoms. The van der Waals surface area contributed by atoms with Gasteiger partial charge in [0.25, 0.3) is 0 Å². The Hall–Kier alpha value is -1.49.